The van der Waals surface area contributed by atoms with Crippen molar-refractivity contribution in [3.8, 4) is 23.3 Å². The molecule has 0 fully saturated rings. The maximum absolute atomic E-state index is 9.19. The van der Waals surface area contributed by atoms with Crippen LogP contribution in [-0.4, -0.2) is 0 Å². The molecule has 1 aliphatic rings. The highest BCUT2D eigenvalue weighted by Gasteiger charge is 2.40. The number of hydrogen-bond donors (Lipinski definition) is 0. The van der Waals surface area contributed by atoms with Gasteiger partial charge in [-0.2, -0.15) is 10.5 Å². The van der Waals surface area contributed by atoms with Crippen molar-refractivity contribution < 1.29 is 0 Å². The Labute approximate surface area is 125 Å². The van der Waals surface area contributed by atoms with Crippen molar-refractivity contribution in [3.05, 3.63) is 58.7 Å². The van der Waals surface area contributed by atoms with Crippen molar-refractivity contribution in [2.24, 2.45) is 0 Å². The lowest BCUT2D eigenvalue weighted by molar-refractivity contribution is 0.490. The maximum atomic E-state index is 9.19. The van der Waals surface area contributed by atoms with Crippen molar-refractivity contribution in [2.45, 2.75) is 32.1 Å². The van der Waals surface area contributed by atoms with Crippen LogP contribution in [0.4, 0.5) is 0 Å². The third-order valence-electron chi connectivity index (χ3n) is 4.83. The molecule has 0 aromatic heterocycles. The molecular formula is C19H16N2. The summed E-state index contributed by atoms with van der Waals surface area (Å²) in [6.07, 6.45) is 1.93. The molecule has 21 heavy (non-hydrogen) atoms. The molecular weight excluding hydrogens is 256 g/mol. The van der Waals surface area contributed by atoms with E-state index in [4.69, 9.17) is 0 Å². The quantitative estimate of drug-likeness (QED) is 0.807. The summed E-state index contributed by atoms with van der Waals surface area (Å²) in [5.74, 6) is 0. The molecule has 0 bridgehead atoms. The van der Waals surface area contributed by atoms with Gasteiger partial charge in [0, 0.05) is 5.41 Å². The summed E-state index contributed by atoms with van der Waals surface area (Å²) in [7, 11) is 0. The summed E-state index contributed by atoms with van der Waals surface area (Å²) < 4.78 is 0. The number of rotatable bonds is 2. The lowest BCUT2D eigenvalue weighted by atomic mass is 9.73. The first-order chi connectivity index (χ1) is 10.2. The molecule has 3 rings (SSSR count). The van der Waals surface area contributed by atoms with Crippen LogP contribution in [-0.2, 0) is 5.41 Å². The molecule has 0 spiro atoms. The van der Waals surface area contributed by atoms with Gasteiger partial charge in [0.15, 0.2) is 0 Å². The number of nitriles is 2. The predicted octanol–water partition coefficient (Wildman–Crippen LogP) is 4.52. The highest BCUT2D eigenvalue weighted by atomic mass is 14.4. The fourth-order valence-electron chi connectivity index (χ4n) is 3.65. The molecule has 0 radical (unpaired) electrons. The van der Waals surface area contributed by atoms with Gasteiger partial charge in [-0.1, -0.05) is 26.0 Å². The molecule has 0 atom stereocenters. The molecule has 0 saturated heterocycles. The molecule has 2 nitrogen and oxygen atoms in total. The predicted molar refractivity (Wildman–Crippen MR) is 82.7 cm³/mol. The van der Waals surface area contributed by atoms with E-state index >= 15 is 0 Å². The Kier molecular flexibility index (Phi) is 3.04. The van der Waals surface area contributed by atoms with Crippen LogP contribution in [0.15, 0.2) is 36.4 Å². The summed E-state index contributed by atoms with van der Waals surface area (Å²) in [4.78, 5) is 0. The van der Waals surface area contributed by atoms with E-state index in [1.807, 2.05) is 36.4 Å². The number of benzene rings is 2. The van der Waals surface area contributed by atoms with Crippen molar-refractivity contribution in [1.29, 1.82) is 10.5 Å². The summed E-state index contributed by atoms with van der Waals surface area (Å²) in [5.41, 5.74) is 6.20. The summed E-state index contributed by atoms with van der Waals surface area (Å²) in [5, 5.41) is 18.4. The standard InChI is InChI=1S/C19H16N2/c1-3-19(4-2)17-9-13(11-20)5-7-15(17)16-8-6-14(12-21)10-18(16)19/h5-10H,3-4H2,1-2H3. The van der Waals surface area contributed by atoms with Gasteiger partial charge in [0.1, 0.15) is 0 Å². The summed E-state index contributed by atoms with van der Waals surface area (Å²) in [6, 6.07) is 16.4. The molecule has 1 aliphatic carbocycles. The van der Waals surface area contributed by atoms with Crippen LogP contribution in [0.3, 0.4) is 0 Å². The van der Waals surface area contributed by atoms with Crippen molar-refractivity contribution in [2.75, 3.05) is 0 Å². The zero-order chi connectivity index (χ0) is 15.0. The first kappa shape index (κ1) is 13.4. The number of hydrogen-bond acceptors (Lipinski definition) is 2. The van der Waals surface area contributed by atoms with Gasteiger partial charge >= 0.3 is 0 Å². The first-order valence-electron chi connectivity index (χ1n) is 7.29. The average Bonchev–Trinajstić information content (AvgIpc) is 2.83. The van der Waals surface area contributed by atoms with E-state index in [9.17, 15) is 10.5 Å². The topological polar surface area (TPSA) is 47.6 Å². The number of nitrogens with zero attached hydrogens (tertiary/aromatic N) is 2. The lowest BCUT2D eigenvalue weighted by Crippen LogP contribution is -2.23. The highest BCUT2D eigenvalue weighted by molar-refractivity contribution is 5.82. The van der Waals surface area contributed by atoms with Gasteiger partial charge in [-0.05, 0) is 59.4 Å². The van der Waals surface area contributed by atoms with Gasteiger partial charge in [-0.15, -0.1) is 0 Å². The molecule has 0 saturated carbocycles. The van der Waals surface area contributed by atoms with Crippen LogP contribution in [0, 0.1) is 22.7 Å². The molecule has 2 aromatic carbocycles. The van der Waals surface area contributed by atoms with Crippen LogP contribution < -0.4 is 0 Å². The Hall–Kier alpha value is -2.58. The fourth-order valence-corrected chi connectivity index (χ4v) is 3.65. The van der Waals surface area contributed by atoms with Crippen molar-refractivity contribution in [3.63, 3.8) is 0 Å². The fraction of sp³-hybridized carbons (Fsp3) is 0.263. The third kappa shape index (κ3) is 1.70. The normalized spacial score (nSPS) is 13.9. The van der Waals surface area contributed by atoms with Gasteiger partial charge in [-0.25, -0.2) is 0 Å². The van der Waals surface area contributed by atoms with Gasteiger partial charge in [0.05, 0.1) is 23.3 Å². The molecule has 2 heteroatoms. The highest BCUT2D eigenvalue weighted by Crippen LogP contribution is 2.52. The zero-order valence-corrected chi connectivity index (χ0v) is 12.3. The molecule has 0 heterocycles. The smallest absolute Gasteiger partial charge is 0.0991 e. The molecule has 102 valence electrons. The Morgan fingerprint density at radius 1 is 0.810 bits per heavy atom. The van der Waals surface area contributed by atoms with Gasteiger partial charge in [-0.3, -0.25) is 0 Å². The molecule has 0 aliphatic heterocycles. The average molecular weight is 272 g/mol. The lowest BCUT2D eigenvalue weighted by Gasteiger charge is -2.29. The summed E-state index contributed by atoms with van der Waals surface area (Å²) in [6.45, 7) is 4.36. The minimum atomic E-state index is -0.0790. The van der Waals surface area contributed by atoms with Gasteiger partial charge in [0.2, 0.25) is 0 Å². The van der Waals surface area contributed by atoms with E-state index in [-0.39, 0.29) is 5.41 Å². The molecule has 0 N–H and O–H groups in total. The minimum absolute atomic E-state index is 0.0790. The molecule has 0 amide bonds. The second-order valence-electron chi connectivity index (χ2n) is 5.53. The molecule has 2 aromatic rings. The Balaban J connectivity index is 2.37. The van der Waals surface area contributed by atoms with E-state index in [2.05, 4.69) is 26.0 Å². The SMILES string of the molecule is CCC1(CC)c2cc(C#N)ccc2-c2ccc(C#N)cc21. The van der Waals surface area contributed by atoms with E-state index in [0.29, 0.717) is 11.1 Å². The Morgan fingerprint density at radius 2 is 1.24 bits per heavy atom. The number of fused-ring (bicyclic) bond motifs is 3. The largest absolute Gasteiger partial charge is 0.192 e. The molecule has 0 unspecified atom stereocenters. The third-order valence-corrected chi connectivity index (χ3v) is 4.83. The van der Waals surface area contributed by atoms with Crippen molar-refractivity contribution >= 4 is 0 Å². The van der Waals surface area contributed by atoms with E-state index in [1.165, 1.54) is 22.3 Å². The maximum Gasteiger partial charge on any atom is 0.0991 e. The Bertz CT molecular complexity index is 734. The van der Waals surface area contributed by atoms with Crippen LogP contribution in [0.1, 0.15) is 48.9 Å². The van der Waals surface area contributed by atoms with E-state index < -0.39 is 0 Å². The van der Waals surface area contributed by atoms with Crippen LogP contribution in [0.2, 0.25) is 0 Å². The van der Waals surface area contributed by atoms with Crippen LogP contribution in [0.25, 0.3) is 11.1 Å². The Morgan fingerprint density at radius 3 is 1.57 bits per heavy atom. The zero-order valence-electron chi connectivity index (χ0n) is 12.3. The summed E-state index contributed by atoms with van der Waals surface area (Å²) >= 11 is 0. The van der Waals surface area contributed by atoms with E-state index in [1.54, 1.807) is 0 Å². The first-order valence-corrected chi connectivity index (χ1v) is 7.29. The monoisotopic (exact) mass is 272 g/mol. The van der Waals surface area contributed by atoms with Crippen molar-refractivity contribution in [1.82, 2.24) is 0 Å². The van der Waals surface area contributed by atoms with Crippen LogP contribution in [0.5, 0.6) is 0 Å². The minimum Gasteiger partial charge on any atom is -0.192 e. The van der Waals surface area contributed by atoms with E-state index in [0.717, 1.165) is 12.8 Å². The second-order valence-corrected chi connectivity index (χ2v) is 5.53. The second kappa shape index (κ2) is 4.76. The van der Waals surface area contributed by atoms with Gasteiger partial charge < -0.3 is 0 Å². The van der Waals surface area contributed by atoms with Gasteiger partial charge in [0.25, 0.3) is 0 Å². The van der Waals surface area contributed by atoms with Crippen LogP contribution >= 0.6 is 0 Å².